The van der Waals surface area contributed by atoms with Gasteiger partial charge in [-0.15, -0.1) is 0 Å². The van der Waals surface area contributed by atoms with Crippen LogP contribution in [0.4, 0.5) is 0 Å². The van der Waals surface area contributed by atoms with Gasteiger partial charge in [0.15, 0.2) is 0 Å². The first-order valence-electron chi connectivity index (χ1n) is 5.86. The molecule has 2 aromatic heterocycles. The third kappa shape index (κ3) is 2.42. The monoisotopic (exact) mass is 233 g/mol. The summed E-state index contributed by atoms with van der Waals surface area (Å²) in [6, 6.07) is 2.53. The summed E-state index contributed by atoms with van der Waals surface area (Å²) in [5.41, 5.74) is 3.60. The van der Waals surface area contributed by atoms with E-state index in [1.165, 1.54) is 16.8 Å². The largest absolute Gasteiger partial charge is 0.472 e. The van der Waals surface area contributed by atoms with Crippen LogP contribution in [0.15, 0.2) is 29.2 Å². The van der Waals surface area contributed by atoms with Gasteiger partial charge in [0.25, 0.3) is 0 Å². The molecule has 0 aliphatic rings. The van der Waals surface area contributed by atoms with Gasteiger partial charge in [0.1, 0.15) is 0 Å². The first kappa shape index (κ1) is 11.9. The Kier molecular flexibility index (Phi) is 3.33. The third-order valence-corrected chi connectivity index (χ3v) is 3.28. The number of furan rings is 1. The summed E-state index contributed by atoms with van der Waals surface area (Å²) in [4.78, 5) is 0. The van der Waals surface area contributed by atoms with Gasteiger partial charge >= 0.3 is 0 Å². The average Bonchev–Trinajstić information content (AvgIpc) is 2.90. The molecule has 0 spiro atoms. The summed E-state index contributed by atoms with van der Waals surface area (Å²) < 4.78 is 6.99. The highest BCUT2D eigenvalue weighted by Gasteiger charge is 2.15. The Morgan fingerprint density at radius 2 is 2.12 bits per heavy atom. The van der Waals surface area contributed by atoms with Crippen LogP contribution in [-0.2, 0) is 7.05 Å². The van der Waals surface area contributed by atoms with E-state index in [0.717, 1.165) is 0 Å². The molecule has 1 N–H and O–H groups in total. The van der Waals surface area contributed by atoms with Crippen molar-refractivity contribution < 1.29 is 4.42 Å². The average molecular weight is 233 g/mol. The lowest BCUT2D eigenvalue weighted by Crippen LogP contribution is -2.22. The van der Waals surface area contributed by atoms with E-state index in [2.05, 4.69) is 31.2 Å². The zero-order valence-electron chi connectivity index (χ0n) is 10.8. The molecule has 2 heterocycles. The van der Waals surface area contributed by atoms with E-state index in [1.54, 1.807) is 12.5 Å². The molecule has 2 rings (SSSR count). The molecule has 2 aromatic rings. The lowest BCUT2D eigenvalue weighted by Gasteiger charge is -2.18. The molecule has 0 radical (unpaired) electrons. The molecule has 0 saturated carbocycles. The number of hydrogen-bond acceptors (Lipinski definition) is 3. The molecule has 2 atom stereocenters. The summed E-state index contributed by atoms with van der Waals surface area (Å²) in [5, 5.41) is 7.80. The fourth-order valence-electron chi connectivity index (χ4n) is 2.02. The van der Waals surface area contributed by atoms with Gasteiger partial charge in [0.2, 0.25) is 0 Å². The minimum Gasteiger partial charge on any atom is -0.472 e. The number of hydrogen-bond donors (Lipinski definition) is 1. The molecule has 0 aliphatic carbocycles. The first-order valence-corrected chi connectivity index (χ1v) is 5.86. The number of aryl methyl sites for hydroxylation is 1. The first-order chi connectivity index (χ1) is 8.09. The van der Waals surface area contributed by atoms with Crippen molar-refractivity contribution in [2.24, 2.45) is 7.05 Å². The van der Waals surface area contributed by atoms with Crippen molar-refractivity contribution in [1.29, 1.82) is 0 Å². The highest BCUT2D eigenvalue weighted by atomic mass is 16.3. The van der Waals surface area contributed by atoms with Gasteiger partial charge in [0.05, 0.1) is 18.7 Å². The molecule has 92 valence electrons. The van der Waals surface area contributed by atoms with Crippen LogP contribution in [0.3, 0.4) is 0 Å². The molecule has 0 fully saturated rings. The Morgan fingerprint density at radius 3 is 2.65 bits per heavy atom. The molecule has 0 aromatic carbocycles. The van der Waals surface area contributed by atoms with E-state index in [4.69, 9.17) is 4.42 Å². The fraction of sp³-hybridized carbons (Fsp3) is 0.462. The SMILES string of the molecule is Cc1c(C(C)NC(C)c2ccoc2)cnn1C. The lowest BCUT2D eigenvalue weighted by atomic mass is 10.1. The standard InChI is InChI=1S/C13H19N3O/c1-9(12-5-6-17-8-12)15-10(2)13-7-14-16(4)11(13)3/h5-10,15H,1-4H3. The molecular weight excluding hydrogens is 214 g/mol. The second-order valence-corrected chi connectivity index (χ2v) is 4.48. The summed E-state index contributed by atoms with van der Waals surface area (Å²) in [7, 11) is 1.96. The van der Waals surface area contributed by atoms with Crippen molar-refractivity contribution in [2.45, 2.75) is 32.9 Å². The third-order valence-electron chi connectivity index (χ3n) is 3.28. The van der Waals surface area contributed by atoms with Gasteiger partial charge in [-0.3, -0.25) is 4.68 Å². The highest BCUT2D eigenvalue weighted by Crippen LogP contribution is 2.21. The maximum Gasteiger partial charge on any atom is 0.0950 e. The van der Waals surface area contributed by atoms with Gasteiger partial charge in [-0.1, -0.05) is 0 Å². The lowest BCUT2D eigenvalue weighted by molar-refractivity contribution is 0.484. The molecule has 4 heteroatoms. The fourth-order valence-corrected chi connectivity index (χ4v) is 2.02. The van der Waals surface area contributed by atoms with Gasteiger partial charge in [0, 0.05) is 36.0 Å². The second-order valence-electron chi connectivity index (χ2n) is 4.48. The molecule has 0 aliphatic heterocycles. The predicted octanol–water partition coefficient (Wildman–Crippen LogP) is 2.73. The Balaban J connectivity index is 2.07. The van der Waals surface area contributed by atoms with Crippen LogP contribution in [0.25, 0.3) is 0 Å². The summed E-state index contributed by atoms with van der Waals surface area (Å²) in [5.74, 6) is 0. The van der Waals surface area contributed by atoms with Gasteiger partial charge < -0.3 is 9.73 Å². The minimum atomic E-state index is 0.267. The van der Waals surface area contributed by atoms with Crippen molar-refractivity contribution >= 4 is 0 Å². The van der Waals surface area contributed by atoms with Crippen LogP contribution in [0.5, 0.6) is 0 Å². The van der Waals surface area contributed by atoms with Crippen LogP contribution in [0.2, 0.25) is 0 Å². The van der Waals surface area contributed by atoms with E-state index in [-0.39, 0.29) is 12.1 Å². The topological polar surface area (TPSA) is 43.0 Å². The Morgan fingerprint density at radius 1 is 1.35 bits per heavy atom. The van der Waals surface area contributed by atoms with E-state index in [0.29, 0.717) is 0 Å². The smallest absolute Gasteiger partial charge is 0.0950 e. The van der Waals surface area contributed by atoms with E-state index >= 15 is 0 Å². The normalized spacial score (nSPS) is 14.8. The number of nitrogens with one attached hydrogen (secondary N) is 1. The molecule has 0 saturated heterocycles. The van der Waals surface area contributed by atoms with Crippen molar-refractivity contribution in [3.63, 3.8) is 0 Å². The number of nitrogens with zero attached hydrogens (tertiary/aromatic N) is 2. The number of aromatic nitrogens is 2. The van der Waals surface area contributed by atoms with Gasteiger partial charge in [-0.25, -0.2) is 0 Å². The number of rotatable bonds is 4. The van der Waals surface area contributed by atoms with Crippen LogP contribution < -0.4 is 5.32 Å². The van der Waals surface area contributed by atoms with E-state index in [9.17, 15) is 0 Å². The second kappa shape index (κ2) is 4.75. The summed E-state index contributed by atoms with van der Waals surface area (Å²) in [6.45, 7) is 6.37. The van der Waals surface area contributed by atoms with Crippen LogP contribution in [0, 0.1) is 6.92 Å². The van der Waals surface area contributed by atoms with Crippen molar-refractivity contribution in [2.75, 3.05) is 0 Å². The van der Waals surface area contributed by atoms with Gasteiger partial charge in [-0.05, 0) is 26.8 Å². The Hall–Kier alpha value is -1.55. The summed E-state index contributed by atoms with van der Waals surface area (Å²) in [6.07, 6.45) is 5.41. The Labute approximate surface area is 102 Å². The van der Waals surface area contributed by atoms with Crippen molar-refractivity contribution in [3.05, 3.63) is 41.6 Å². The molecule has 4 nitrogen and oxygen atoms in total. The molecular formula is C13H19N3O. The van der Waals surface area contributed by atoms with Crippen LogP contribution >= 0.6 is 0 Å². The predicted molar refractivity (Wildman–Crippen MR) is 66.6 cm³/mol. The van der Waals surface area contributed by atoms with Crippen molar-refractivity contribution in [3.8, 4) is 0 Å². The Bertz CT molecular complexity index is 473. The van der Waals surface area contributed by atoms with E-state index in [1.807, 2.05) is 24.0 Å². The molecule has 17 heavy (non-hydrogen) atoms. The van der Waals surface area contributed by atoms with Crippen LogP contribution in [-0.4, -0.2) is 9.78 Å². The quantitative estimate of drug-likeness (QED) is 0.883. The zero-order valence-corrected chi connectivity index (χ0v) is 10.8. The highest BCUT2D eigenvalue weighted by molar-refractivity contribution is 5.21. The maximum atomic E-state index is 5.09. The van der Waals surface area contributed by atoms with E-state index < -0.39 is 0 Å². The molecule has 0 bridgehead atoms. The van der Waals surface area contributed by atoms with Gasteiger partial charge in [-0.2, -0.15) is 5.10 Å². The zero-order chi connectivity index (χ0) is 12.4. The summed E-state index contributed by atoms with van der Waals surface area (Å²) >= 11 is 0. The molecule has 2 unspecified atom stereocenters. The van der Waals surface area contributed by atoms with Crippen LogP contribution in [0.1, 0.15) is 42.8 Å². The maximum absolute atomic E-state index is 5.09. The minimum absolute atomic E-state index is 0.267. The molecule has 0 amide bonds. The van der Waals surface area contributed by atoms with Crippen molar-refractivity contribution in [1.82, 2.24) is 15.1 Å².